The fourth-order valence-corrected chi connectivity index (χ4v) is 5.16. The number of hydrogen-bond acceptors (Lipinski definition) is 6. The Balaban J connectivity index is 1.34. The molecule has 1 aromatic carbocycles. The van der Waals surface area contributed by atoms with Crippen LogP contribution in [-0.2, 0) is 21.2 Å². The third-order valence-corrected chi connectivity index (χ3v) is 7.03. The van der Waals surface area contributed by atoms with Crippen LogP contribution < -0.4 is 15.4 Å². The van der Waals surface area contributed by atoms with E-state index in [2.05, 4.69) is 25.3 Å². The lowest BCUT2D eigenvalue weighted by Crippen LogP contribution is -2.32. The number of carbonyl (C=O) groups is 1. The molecule has 174 valence electrons. The fraction of sp³-hybridized carbons (Fsp3) is 0.522. The van der Waals surface area contributed by atoms with Crippen LogP contribution in [0, 0.1) is 13.8 Å². The van der Waals surface area contributed by atoms with E-state index in [0.29, 0.717) is 38.3 Å². The molecule has 0 bridgehead atoms. The molecule has 0 radical (unpaired) electrons. The van der Waals surface area contributed by atoms with Gasteiger partial charge in [-0.15, -0.1) is 0 Å². The van der Waals surface area contributed by atoms with Crippen molar-refractivity contribution >= 4 is 21.9 Å². The summed E-state index contributed by atoms with van der Waals surface area (Å²) < 4.78 is 27.7. The second-order valence-corrected chi connectivity index (χ2v) is 10.1. The average molecular weight is 460 g/mol. The van der Waals surface area contributed by atoms with E-state index in [1.165, 1.54) is 0 Å². The SMILES string of the molecule is Cc1cc(C)nc(NCCCC(=O)NCCc2ccc(S(=O)(=O)NC3CCCC3)cc2)n1. The van der Waals surface area contributed by atoms with Gasteiger partial charge in [-0.1, -0.05) is 25.0 Å². The molecule has 1 saturated carbocycles. The van der Waals surface area contributed by atoms with Crippen LogP contribution in [0.4, 0.5) is 5.95 Å². The monoisotopic (exact) mass is 459 g/mol. The van der Waals surface area contributed by atoms with Crippen LogP contribution in [0.15, 0.2) is 35.2 Å². The average Bonchev–Trinajstić information content (AvgIpc) is 3.23. The molecule has 0 aliphatic heterocycles. The van der Waals surface area contributed by atoms with Crippen molar-refractivity contribution in [1.82, 2.24) is 20.0 Å². The molecule has 1 aliphatic rings. The largest absolute Gasteiger partial charge is 0.356 e. The van der Waals surface area contributed by atoms with Gasteiger partial charge < -0.3 is 10.6 Å². The molecule has 0 saturated heterocycles. The first-order chi connectivity index (χ1) is 15.3. The summed E-state index contributed by atoms with van der Waals surface area (Å²) in [6.07, 6.45) is 5.73. The maximum Gasteiger partial charge on any atom is 0.240 e. The molecule has 0 unspecified atom stereocenters. The van der Waals surface area contributed by atoms with Crippen LogP contribution in [0.3, 0.4) is 0 Å². The highest BCUT2D eigenvalue weighted by Gasteiger charge is 2.22. The summed E-state index contributed by atoms with van der Waals surface area (Å²) in [4.78, 5) is 21.0. The first-order valence-electron chi connectivity index (χ1n) is 11.3. The maximum absolute atomic E-state index is 12.5. The highest BCUT2D eigenvalue weighted by atomic mass is 32.2. The first kappa shape index (κ1) is 24.1. The van der Waals surface area contributed by atoms with Crippen molar-refractivity contribution in [3.05, 3.63) is 47.3 Å². The Hall–Kier alpha value is -2.52. The Morgan fingerprint density at radius 3 is 2.34 bits per heavy atom. The zero-order valence-corrected chi connectivity index (χ0v) is 19.7. The van der Waals surface area contributed by atoms with Gasteiger partial charge in [0.15, 0.2) is 0 Å². The Labute approximate surface area is 190 Å². The van der Waals surface area contributed by atoms with Crippen LogP contribution in [-0.4, -0.2) is 43.4 Å². The van der Waals surface area contributed by atoms with E-state index < -0.39 is 10.0 Å². The number of aromatic nitrogens is 2. The minimum Gasteiger partial charge on any atom is -0.356 e. The van der Waals surface area contributed by atoms with E-state index in [4.69, 9.17) is 0 Å². The van der Waals surface area contributed by atoms with Crippen molar-refractivity contribution in [3.8, 4) is 0 Å². The Bertz CT molecular complexity index is 983. The third kappa shape index (κ3) is 7.56. The number of anilines is 1. The molecule has 32 heavy (non-hydrogen) atoms. The molecule has 1 amide bonds. The van der Waals surface area contributed by atoms with Gasteiger partial charge in [-0.05, 0) is 63.3 Å². The molecule has 1 heterocycles. The molecule has 1 aliphatic carbocycles. The lowest BCUT2D eigenvalue weighted by molar-refractivity contribution is -0.121. The first-order valence-corrected chi connectivity index (χ1v) is 12.7. The van der Waals surface area contributed by atoms with Crippen LogP contribution in [0.2, 0.25) is 0 Å². The number of hydrogen-bond donors (Lipinski definition) is 3. The third-order valence-electron chi connectivity index (χ3n) is 5.49. The normalized spacial score (nSPS) is 14.4. The summed E-state index contributed by atoms with van der Waals surface area (Å²) in [6, 6.07) is 8.85. The minimum absolute atomic E-state index is 0.00639. The second kappa shape index (κ2) is 11.4. The van der Waals surface area contributed by atoms with Gasteiger partial charge in [0.2, 0.25) is 21.9 Å². The van der Waals surface area contributed by atoms with Crippen molar-refractivity contribution < 1.29 is 13.2 Å². The lowest BCUT2D eigenvalue weighted by atomic mass is 10.1. The van der Waals surface area contributed by atoms with Crippen LogP contribution in [0.5, 0.6) is 0 Å². The quantitative estimate of drug-likeness (QED) is 0.445. The number of nitrogens with zero attached hydrogens (tertiary/aromatic N) is 2. The van der Waals surface area contributed by atoms with E-state index in [1.807, 2.05) is 32.0 Å². The van der Waals surface area contributed by atoms with Crippen molar-refractivity contribution in [2.24, 2.45) is 0 Å². The number of benzene rings is 1. The summed E-state index contributed by atoms with van der Waals surface area (Å²) in [5, 5.41) is 6.06. The second-order valence-electron chi connectivity index (χ2n) is 8.35. The van der Waals surface area contributed by atoms with E-state index >= 15 is 0 Å². The standard InChI is InChI=1S/C23H33N5O3S/c1-17-16-18(2)27-23(26-17)25-14-5-8-22(29)24-15-13-19-9-11-21(12-10-19)32(30,31)28-20-6-3-4-7-20/h9-12,16,20,28H,3-8,13-15H2,1-2H3,(H,24,29)(H,25,26,27). The van der Waals surface area contributed by atoms with Gasteiger partial charge in [-0.2, -0.15) is 0 Å². The predicted molar refractivity (Wildman–Crippen MR) is 125 cm³/mol. The van der Waals surface area contributed by atoms with Gasteiger partial charge in [0.25, 0.3) is 0 Å². The van der Waals surface area contributed by atoms with E-state index in [0.717, 1.165) is 42.6 Å². The van der Waals surface area contributed by atoms with Crippen molar-refractivity contribution in [2.75, 3.05) is 18.4 Å². The maximum atomic E-state index is 12.5. The Kier molecular flexibility index (Phi) is 8.58. The summed E-state index contributed by atoms with van der Waals surface area (Å²) in [6.45, 7) is 4.99. The summed E-state index contributed by atoms with van der Waals surface area (Å²) in [7, 11) is -3.47. The predicted octanol–water partition coefficient (Wildman–Crippen LogP) is 2.87. The number of aryl methyl sites for hydroxylation is 2. The molecule has 3 N–H and O–H groups in total. The molecule has 0 spiro atoms. The Morgan fingerprint density at radius 2 is 1.69 bits per heavy atom. The van der Waals surface area contributed by atoms with Gasteiger partial charge >= 0.3 is 0 Å². The van der Waals surface area contributed by atoms with Crippen molar-refractivity contribution in [2.45, 2.75) is 69.7 Å². The zero-order valence-electron chi connectivity index (χ0n) is 18.9. The Morgan fingerprint density at radius 1 is 1.03 bits per heavy atom. The van der Waals surface area contributed by atoms with Crippen molar-refractivity contribution in [3.63, 3.8) is 0 Å². The number of amides is 1. The van der Waals surface area contributed by atoms with E-state index in [-0.39, 0.29) is 16.8 Å². The lowest BCUT2D eigenvalue weighted by Gasteiger charge is -2.13. The van der Waals surface area contributed by atoms with Gasteiger partial charge in [0.1, 0.15) is 0 Å². The molecule has 3 rings (SSSR count). The fourth-order valence-electron chi connectivity index (χ4n) is 3.86. The number of carbonyl (C=O) groups excluding carboxylic acids is 1. The number of rotatable bonds is 11. The number of nitrogens with one attached hydrogen (secondary N) is 3. The highest BCUT2D eigenvalue weighted by Crippen LogP contribution is 2.20. The van der Waals surface area contributed by atoms with Crippen LogP contribution >= 0.6 is 0 Å². The molecule has 1 fully saturated rings. The summed E-state index contributed by atoms with van der Waals surface area (Å²) in [5.74, 6) is 0.583. The van der Waals surface area contributed by atoms with Crippen molar-refractivity contribution in [1.29, 1.82) is 0 Å². The molecule has 9 heteroatoms. The molecular weight excluding hydrogens is 426 g/mol. The number of sulfonamides is 1. The molecule has 8 nitrogen and oxygen atoms in total. The molecular formula is C23H33N5O3S. The highest BCUT2D eigenvalue weighted by molar-refractivity contribution is 7.89. The molecule has 0 atom stereocenters. The summed E-state index contributed by atoms with van der Waals surface area (Å²) in [5.41, 5.74) is 2.81. The zero-order chi connectivity index (χ0) is 23.0. The van der Waals surface area contributed by atoms with E-state index in [1.54, 1.807) is 12.1 Å². The van der Waals surface area contributed by atoms with Gasteiger partial charge in [0, 0.05) is 36.9 Å². The summed E-state index contributed by atoms with van der Waals surface area (Å²) >= 11 is 0. The van der Waals surface area contributed by atoms with Crippen LogP contribution in [0.25, 0.3) is 0 Å². The smallest absolute Gasteiger partial charge is 0.240 e. The minimum atomic E-state index is -3.47. The van der Waals surface area contributed by atoms with Gasteiger partial charge in [-0.25, -0.2) is 23.1 Å². The van der Waals surface area contributed by atoms with Crippen LogP contribution in [0.1, 0.15) is 55.5 Å². The molecule has 2 aromatic rings. The van der Waals surface area contributed by atoms with E-state index in [9.17, 15) is 13.2 Å². The van der Waals surface area contributed by atoms with Gasteiger partial charge in [0.05, 0.1) is 4.90 Å². The topological polar surface area (TPSA) is 113 Å². The van der Waals surface area contributed by atoms with Gasteiger partial charge in [-0.3, -0.25) is 4.79 Å². The molecule has 1 aromatic heterocycles.